The second-order valence-electron chi connectivity index (χ2n) is 4.93. The van der Waals surface area contributed by atoms with Gasteiger partial charge >= 0.3 is 0 Å². The summed E-state index contributed by atoms with van der Waals surface area (Å²) in [7, 11) is 1.98. The number of hydrogen-bond donors (Lipinski definition) is 1. The SMILES string of the molecule is CCCN1CCOC(CN)C1c1cnn(C)c1C. The highest BCUT2D eigenvalue weighted by molar-refractivity contribution is 5.22. The van der Waals surface area contributed by atoms with Crippen molar-refractivity contribution < 1.29 is 4.74 Å². The molecule has 0 bridgehead atoms. The van der Waals surface area contributed by atoms with Crippen LogP contribution in [0.4, 0.5) is 0 Å². The molecule has 102 valence electrons. The number of morpholine rings is 1. The molecule has 0 aliphatic carbocycles. The summed E-state index contributed by atoms with van der Waals surface area (Å²) < 4.78 is 7.75. The summed E-state index contributed by atoms with van der Waals surface area (Å²) in [5, 5.41) is 4.35. The molecule has 0 spiro atoms. The van der Waals surface area contributed by atoms with Gasteiger partial charge in [0.2, 0.25) is 0 Å². The van der Waals surface area contributed by atoms with Crippen LogP contribution in [0.1, 0.15) is 30.6 Å². The van der Waals surface area contributed by atoms with Gasteiger partial charge in [0.25, 0.3) is 0 Å². The highest BCUT2D eigenvalue weighted by atomic mass is 16.5. The van der Waals surface area contributed by atoms with Gasteiger partial charge in [-0.1, -0.05) is 6.92 Å². The van der Waals surface area contributed by atoms with Crippen LogP contribution in [0.5, 0.6) is 0 Å². The molecule has 0 amide bonds. The molecule has 2 unspecified atom stereocenters. The summed E-state index contributed by atoms with van der Waals surface area (Å²) in [5.74, 6) is 0. The van der Waals surface area contributed by atoms with E-state index in [9.17, 15) is 0 Å². The van der Waals surface area contributed by atoms with Gasteiger partial charge in [-0.25, -0.2) is 0 Å². The average molecular weight is 252 g/mol. The lowest BCUT2D eigenvalue weighted by atomic mass is 9.98. The minimum atomic E-state index is 0.0770. The summed E-state index contributed by atoms with van der Waals surface area (Å²) >= 11 is 0. The summed E-state index contributed by atoms with van der Waals surface area (Å²) in [6, 6.07) is 0.248. The van der Waals surface area contributed by atoms with E-state index in [2.05, 4.69) is 23.8 Å². The number of rotatable bonds is 4. The van der Waals surface area contributed by atoms with E-state index in [0.717, 1.165) is 26.1 Å². The molecule has 1 saturated heterocycles. The molecular weight excluding hydrogens is 228 g/mol. The van der Waals surface area contributed by atoms with Crippen LogP contribution in [0.3, 0.4) is 0 Å². The summed E-state index contributed by atoms with van der Waals surface area (Å²) in [6.07, 6.45) is 3.18. The molecule has 1 aromatic heterocycles. The number of aryl methyl sites for hydroxylation is 1. The topological polar surface area (TPSA) is 56.3 Å². The molecular formula is C13H24N4O. The zero-order valence-electron chi connectivity index (χ0n) is 11.6. The largest absolute Gasteiger partial charge is 0.374 e. The molecule has 1 aliphatic rings. The van der Waals surface area contributed by atoms with Crippen molar-refractivity contribution in [2.45, 2.75) is 32.4 Å². The second kappa shape index (κ2) is 5.82. The zero-order valence-corrected chi connectivity index (χ0v) is 11.6. The molecule has 1 aromatic rings. The van der Waals surface area contributed by atoms with E-state index in [1.54, 1.807) is 0 Å². The molecule has 2 heterocycles. The maximum atomic E-state index is 5.87. The first-order valence-corrected chi connectivity index (χ1v) is 6.73. The van der Waals surface area contributed by atoms with E-state index >= 15 is 0 Å². The second-order valence-corrected chi connectivity index (χ2v) is 4.93. The maximum Gasteiger partial charge on any atom is 0.0895 e. The number of ether oxygens (including phenoxy) is 1. The monoisotopic (exact) mass is 252 g/mol. The zero-order chi connectivity index (χ0) is 13.1. The van der Waals surface area contributed by atoms with Crippen molar-refractivity contribution in [2.24, 2.45) is 12.8 Å². The number of nitrogens with zero attached hydrogens (tertiary/aromatic N) is 3. The Morgan fingerprint density at radius 2 is 2.33 bits per heavy atom. The normalized spacial score (nSPS) is 25.6. The Bertz CT molecular complexity index is 388. The van der Waals surface area contributed by atoms with Crippen LogP contribution in [0.15, 0.2) is 6.20 Å². The molecule has 2 atom stereocenters. The third kappa shape index (κ3) is 2.43. The van der Waals surface area contributed by atoms with E-state index < -0.39 is 0 Å². The fourth-order valence-electron chi connectivity index (χ4n) is 2.72. The Morgan fingerprint density at radius 3 is 2.89 bits per heavy atom. The molecule has 1 aliphatic heterocycles. The van der Waals surface area contributed by atoms with Crippen LogP contribution in [-0.2, 0) is 11.8 Å². The van der Waals surface area contributed by atoms with Gasteiger partial charge in [0.15, 0.2) is 0 Å². The van der Waals surface area contributed by atoms with Crippen molar-refractivity contribution in [2.75, 3.05) is 26.2 Å². The third-order valence-electron chi connectivity index (χ3n) is 3.79. The van der Waals surface area contributed by atoms with Gasteiger partial charge in [-0.15, -0.1) is 0 Å². The Morgan fingerprint density at radius 1 is 1.56 bits per heavy atom. The van der Waals surface area contributed by atoms with Gasteiger partial charge in [0, 0.05) is 31.4 Å². The number of hydrogen-bond acceptors (Lipinski definition) is 4. The van der Waals surface area contributed by atoms with Gasteiger partial charge in [-0.05, 0) is 19.9 Å². The van der Waals surface area contributed by atoms with Gasteiger partial charge in [0.05, 0.1) is 24.9 Å². The van der Waals surface area contributed by atoms with E-state index in [1.807, 2.05) is 17.9 Å². The van der Waals surface area contributed by atoms with Crippen molar-refractivity contribution in [3.8, 4) is 0 Å². The van der Waals surface area contributed by atoms with Crippen molar-refractivity contribution in [3.05, 3.63) is 17.5 Å². The standard InChI is InChI=1S/C13H24N4O/c1-4-5-17-6-7-18-12(8-14)13(17)11-9-15-16(3)10(11)2/h9,12-13H,4-8,14H2,1-3H3. The fourth-order valence-corrected chi connectivity index (χ4v) is 2.72. The van der Waals surface area contributed by atoms with E-state index in [0.29, 0.717) is 6.54 Å². The summed E-state index contributed by atoms with van der Waals surface area (Å²) in [6.45, 7) is 7.70. The molecule has 1 fully saturated rings. The van der Waals surface area contributed by atoms with Gasteiger partial charge in [0.1, 0.15) is 0 Å². The van der Waals surface area contributed by atoms with Crippen LogP contribution >= 0.6 is 0 Å². The smallest absolute Gasteiger partial charge is 0.0895 e. The average Bonchev–Trinajstić information content (AvgIpc) is 2.70. The highest BCUT2D eigenvalue weighted by Crippen LogP contribution is 2.31. The van der Waals surface area contributed by atoms with Gasteiger partial charge in [-0.3, -0.25) is 9.58 Å². The molecule has 0 radical (unpaired) electrons. The number of nitrogens with two attached hydrogens (primary N) is 1. The Labute approximate surface area is 109 Å². The fraction of sp³-hybridized carbons (Fsp3) is 0.769. The van der Waals surface area contributed by atoms with Gasteiger partial charge in [-0.2, -0.15) is 5.10 Å². The number of aromatic nitrogens is 2. The van der Waals surface area contributed by atoms with Crippen molar-refractivity contribution in [3.63, 3.8) is 0 Å². The molecule has 18 heavy (non-hydrogen) atoms. The molecule has 2 rings (SSSR count). The first kappa shape index (κ1) is 13.5. The van der Waals surface area contributed by atoms with Crippen LogP contribution < -0.4 is 5.73 Å². The highest BCUT2D eigenvalue weighted by Gasteiger charge is 2.34. The van der Waals surface area contributed by atoms with Crippen molar-refractivity contribution in [1.29, 1.82) is 0 Å². The van der Waals surface area contributed by atoms with E-state index in [-0.39, 0.29) is 12.1 Å². The predicted octanol–water partition coefficient (Wildman–Crippen LogP) is 0.839. The summed E-state index contributed by atoms with van der Waals surface area (Å²) in [5.41, 5.74) is 8.32. The predicted molar refractivity (Wildman–Crippen MR) is 71.3 cm³/mol. The first-order valence-electron chi connectivity index (χ1n) is 6.73. The maximum absolute atomic E-state index is 5.87. The van der Waals surface area contributed by atoms with E-state index in [4.69, 9.17) is 10.5 Å². The van der Waals surface area contributed by atoms with Crippen molar-refractivity contribution in [1.82, 2.24) is 14.7 Å². The Hall–Kier alpha value is -0.910. The molecule has 5 nitrogen and oxygen atoms in total. The Balaban J connectivity index is 2.30. The van der Waals surface area contributed by atoms with Crippen LogP contribution in [0.2, 0.25) is 0 Å². The lowest BCUT2D eigenvalue weighted by molar-refractivity contribution is -0.0678. The Kier molecular flexibility index (Phi) is 4.37. The lowest BCUT2D eigenvalue weighted by Crippen LogP contribution is -2.48. The third-order valence-corrected chi connectivity index (χ3v) is 3.79. The molecule has 5 heteroatoms. The first-order chi connectivity index (χ1) is 8.69. The minimum absolute atomic E-state index is 0.0770. The molecule has 2 N–H and O–H groups in total. The van der Waals surface area contributed by atoms with Gasteiger partial charge < -0.3 is 10.5 Å². The van der Waals surface area contributed by atoms with Crippen molar-refractivity contribution >= 4 is 0 Å². The minimum Gasteiger partial charge on any atom is -0.374 e. The quantitative estimate of drug-likeness (QED) is 0.862. The lowest BCUT2D eigenvalue weighted by Gasteiger charge is -2.40. The van der Waals surface area contributed by atoms with E-state index in [1.165, 1.54) is 11.3 Å². The van der Waals surface area contributed by atoms with Crippen LogP contribution in [-0.4, -0.2) is 47.0 Å². The van der Waals surface area contributed by atoms with Crippen LogP contribution in [0, 0.1) is 6.92 Å². The summed E-state index contributed by atoms with van der Waals surface area (Å²) in [4.78, 5) is 2.48. The van der Waals surface area contributed by atoms with Crippen LogP contribution in [0.25, 0.3) is 0 Å². The molecule has 0 aromatic carbocycles. The molecule has 0 saturated carbocycles.